The number of halogens is 1. The predicted octanol–water partition coefficient (Wildman–Crippen LogP) is 7.38. The van der Waals surface area contributed by atoms with E-state index in [0.717, 1.165) is 28.7 Å². The summed E-state index contributed by atoms with van der Waals surface area (Å²) in [5.41, 5.74) is 7.36. The van der Waals surface area contributed by atoms with Crippen LogP contribution in [0.5, 0.6) is 0 Å². The normalized spacial score (nSPS) is 11.4. The molecule has 0 saturated carbocycles. The Bertz CT molecular complexity index is 1030. The molecule has 0 aromatic heterocycles. The molecule has 0 aliphatic rings. The van der Waals surface area contributed by atoms with E-state index in [0.29, 0.717) is 17.2 Å². The first-order chi connectivity index (χ1) is 14.2. The molecule has 0 radical (unpaired) electrons. The van der Waals surface area contributed by atoms with E-state index in [-0.39, 0.29) is 11.4 Å². The smallest absolute Gasteiger partial charge is 0.338 e. The zero-order valence-corrected chi connectivity index (χ0v) is 19.1. The van der Waals surface area contributed by atoms with Gasteiger partial charge in [-0.15, -0.1) is 0 Å². The maximum absolute atomic E-state index is 12.6. The maximum atomic E-state index is 12.6. The maximum Gasteiger partial charge on any atom is 0.338 e. The van der Waals surface area contributed by atoms with Crippen molar-refractivity contribution in [1.29, 1.82) is 0 Å². The van der Waals surface area contributed by atoms with Gasteiger partial charge in [-0.1, -0.05) is 74.8 Å². The van der Waals surface area contributed by atoms with Crippen LogP contribution in [0.3, 0.4) is 0 Å². The average molecular weight is 421 g/mol. The van der Waals surface area contributed by atoms with Gasteiger partial charge in [0.2, 0.25) is 0 Å². The largest absolute Gasteiger partial charge is 0.462 e. The standard InChI is InChI=1S/C27H29ClO2/c1-6-30-26(29)25-17-22(20-9-13-24(28)14-10-20)16-21(18(25)2)15-19-7-11-23(12-8-19)27(3,4)5/h7-14,16-17H,6,15H2,1-5H3. The highest BCUT2D eigenvalue weighted by atomic mass is 35.5. The molecule has 0 unspecified atom stereocenters. The molecule has 0 fully saturated rings. The summed E-state index contributed by atoms with van der Waals surface area (Å²) in [6.45, 7) is 10.8. The van der Waals surface area contributed by atoms with Gasteiger partial charge >= 0.3 is 5.97 Å². The van der Waals surface area contributed by atoms with Gasteiger partial charge in [-0.2, -0.15) is 0 Å². The van der Waals surface area contributed by atoms with Crippen molar-refractivity contribution in [2.75, 3.05) is 6.61 Å². The Morgan fingerprint density at radius 2 is 1.57 bits per heavy atom. The highest BCUT2D eigenvalue weighted by molar-refractivity contribution is 6.30. The van der Waals surface area contributed by atoms with Crippen LogP contribution < -0.4 is 0 Å². The van der Waals surface area contributed by atoms with Crippen molar-refractivity contribution in [3.8, 4) is 11.1 Å². The van der Waals surface area contributed by atoms with Gasteiger partial charge in [0.15, 0.2) is 0 Å². The predicted molar refractivity (Wildman–Crippen MR) is 126 cm³/mol. The summed E-state index contributed by atoms with van der Waals surface area (Å²) in [5.74, 6) is -0.282. The second-order valence-electron chi connectivity index (χ2n) is 8.66. The van der Waals surface area contributed by atoms with Crippen molar-refractivity contribution >= 4 is 17.6 Å². The van der Waals surface area contributed by atoms with Crippen LogP contribution in [0.2, 0.25) is 5.02 Å². The summed E-state index contributed by atoms with van der Waals surface area (Å²) in [7, 11) is 0. The molecule has 156 valence electrons. The fraction of sp³-hybridized carbons (Fsp3) is 0.296. The minimum absolute atomic E-state index is 0.125. The van der Waals surface area contributed by atoms with Gasteiger partial charge in [0.25, 0.3) is 0 Å². The Kier molecular flexibility index (Phi) is 6.67. The van der Waals surface area contributed by atoms with Crippen LogP contribution in [0.15, 0.2) is 60.7 Å². The van der Waals surface area contributed by atoms with Gasteiger partial charge in [0.05, 0.1) is 12.2 Å². The minimum Gasteiger partial charge on any atom is -0.462 e. The van der Waals surface area contributed by atoms with Gasteiger partial charge in [0.1, 0.15) is 0 Å². The topological polar surface area (TPSA) is 26.3 Å². The quantitative estimate of drug-likeness (QED) is 0.402. The van der Waals surface area contributed by atoms with Gasteiger partial charge in [-0.05, 0) is 77.3 Å². The molecule has 3 aromatic rings. The van der Waals surface area contributed by atoms with E-state index in [2.05, 4.69) is 51.1 Å². The highest BCUT2D eigenvalue weighted by Crippen LogP contribution is 2.29. The summed E-state index contributed by atoms with van der Waals surface area (Å²) in [6.07, 6.45) is 0.754. The first-order valence-corrected chi connectivity index (χ1v) is 10.7. The van der Waals surface area contributed by atoms with Crippen LogP contribution in [-0.2, 0) is 16.6 Å². The van der Waals surface area contributed by atoms with Crippen molar-refractivity contribution in [3.05, 3.63) is 93.5 Å². The van der Waals surface area contributed by atoms with E-state index in [9.17, 15) is 4.79 Å². The first kappa shape index (κ1) is 22.1. The molecule has 0 spiro atoms. The lowest BCUT2D eigenvalue weighted by atomic mass is 9.86. The molecule has 30 heavy (non-hydrogen) atoms. The number of hydrogen-bond acceptors (Lipinski definition) is 2. The number of esters is 1. The molecular formula is C27H29ClO2. The van der Waals surface area contributed by atoms with E-state index < -0.39 is 0 Å². The lowest BCUT2D eigenvalue weighted by molar-refractivity contribution is 0.0525. The molecule has 0 heterocycles. The molecule has 3 rings (SSSR count). The van der Waals surface area contributed by atoms with E-state index in [1.54, 1.807) is 0 Å². The Balaban J connectivity index is 2.03. The Morgan fingerprint density at radius 1 is 0.933 bits per heavy atom. The van der Waals surface area contributed by atoms with Crippen molar-refractivity contribution in [3.63, 3.8) is 0 Å². The Morgan fingerprint density at radius 3 is 2.13 bits per heavy atom. The summed E-state index contributed by atoms with van der Waals surface area (Å²) < 4.78 is 5.32. The number of benzene rings is 3. The number of carbonyl (C=O) groups excluding carboxylic acids is 1. The minimum atomic E-state index is -0.282. The molecule has 0 aliphatic carbocycles. The monoisotopic (exact) mass is 420 g/mol. The molecule has 0 saturated heterocycles. The molecule has 0 aliphatic heterocycles. The number of rotatable bonds is 5. The van der Waals surface area contributed by atoms with Crippen molar-refractivity contribution in [1.82, 2.24) is 0 Å². The Hall–Kier alpha value is -2.58. The summed E-state index contributed by atoms with van der Waals surface area (Å²) >= 11 is 6.06. The first-order valence-electron chi connectivity index (χ1n) is 10.3. The van der Waals surface area contributed by atoms with E-state index >= 15 is 0 Å². The van der Waals surface area contributed by atoms with E-state index in [1.807, 2.05) is 44.2 Å². The molecule has 3 aromatic carbocycles. The van der Waals surface area contributed by atoms with Crippen molar-refractivity contribution in [2.45, 2.75) is 46.5 Å². The van der Waals surface area contributed by atoms with Gasteiger partial charge in [-0.25, -0.2) is 4.79 Å². The number of carbonyl (C=O) groups is 1. The molecular weight excluding hydrogens is 392 g/mol. The number of hydrogen-bond donors (Lipinski definition) is 0. The summed E-state index contributed by atoms with van der Waals surface area (Å²) in [5, 5.41) is 0.690. The van der Waals surface area contributed by atoms with Crippen LogP contribution in [0.25, 0.3) is 11.1 Å². The summed E-state index contributed by atoms with van der Waals surface area (Å²) in [4.78, 5) is 12.6. The molecule has 0 N–H and O–H groups in total. The molecule has 2 nitrogen and oxygen atoms in total. The second-order valence-corrected chi connectivity index (χ2v) is 9.10. The van der Waals surface area contributed by atoms with Gasteiger partial charge in [0, 0.05) is 5.02 Å². The third-order valence-corrected chi connectivity index (χ3v) is 5.65. The third kappa shape index (κ3) is 5.12. The molecule has 0 amide bonds. The van der Waals surface area contributed by atoms with Gasteiger partial charge < -0.3 is 4.74 Å². The van der Waals surface area contributed by atoms with E-state index in [4.69, 9.17) is 16.3 Å². The molecule has 3 heteroatoms. The lowest BCUT2D eigenvalue weighted by Crippen LogP contribution is -2.11. The zero-order chi connectivity index (χ0) is 21.9. The highest BCUT2D eigenvalue weighted by Gasteiger charge is 2.17. The van der Waals surface area contributed by atoms with Crippen LogP contribution in [-0.4, -0.2) is 12.6 Å². The van der Waals surface area contributed by atoms with Crippen LogP contribution in [0.4, 0.5) is 0 Å². The average Bonchev–Trinajstić information content (AvgIpc) is 2.70. The van der Waals surface area contributed by atoms with Crippen LogP contribution >= 0.6 is 11.6 Å². The van der Waals surface area contributed by atoms with Crippen molar-refractivity contribution < 1.29 is 9.53 Å². The second kappa shape index (κ2) is 9.06. The van der Waals surface area contributed by atoms with Crippen LogP contribution in [0.1, 0.15) is 60.3 Å². The summed E-state index contributed by atoms with van der Waals surface area (Å²) in [6, 6.07) is 20.5. The SMILES string of the molecule is CCOC(=O)c1cc(-c2ccc(Cl)cc2)cc(Cc2ccc(C(C)(C)C)cc2)c1C. The fourth-order valence-corrected chi connectivity index (χ4v) is 3.66. The Labute approximate surface area is 184 Å². The molecule has 0 bridgehead atoms. The van der Waals surface area contributed by atoms with Crippen molar-refractivity contribution in [2.24, 2.45) is 0 Å². The molecule has 0 atom stereocenters. The number of ether oxygens (including phenoxy) is 1. The van der Waals surface area contributed by atoms with E-state index in [1.165, 1.54) is 11.1 Å². The van der Waals surface area contributed by atoms with Crippen LogP contribution in [0, 0.1) is 6.92 Å². The fourth-order valence-electron chi connectivity index (χ4n) is 3.53. The lowest BCUT2D eigenvalue weighted by Gasteiger charge is -2.19. The van der Waals surface area contributed by atoms with Gasteiger partial charge in [-0.3, -0.25) is 0 Å². The third-order valence-electron chi connectivity index (χ3n) is 5.40. The zero-order valence-electron chi connectivity index (χ0n) is 18.4.